The van der Waals surface area contributed by atoms with Crippen LogP contribution in [-0.4, -0.2) is 16.6 Å². The summed E-state index contributed by atoms with van der Waals surface area (Å²) in [5.74, 6) is -0.474. The lowest BCUT2D eigenvalue weighted by Gasteiger charge is -2.33. The maximum Gasteiger partial charge on any atom is 0.332 e. The van der Waals surface area contributed by atoms with E-state index in [1.54, 1.807) is 6.07 Å². The molecular weight excluding hydrogens is 512 g/mol. The SMILES string of the molecule is CCCCCCC1(CCCCCC)c2cc(/C(=N\OC(C)=O)c3ccccc3C)ccc2-c2ccc([N+](=O)[O-])cc21. The van der Waals surface area contributed by atoms with Gasteiger partial charge in [0.1, 0.15) is 5.71 Å². The summed E-state index contributed by atoms with van der Waals surface area (Å²) in [6.07, 6.45) is 10.9. The van der Waals surface area contributed by atoms with Gasteiger partial charge in [0.05, 0.1) is 4.92 Å². The zero-order valence-corrected chi connectivity index (χ0v) is 24.9. The van der Waals surface area contributed by atoms with E-state index in [1.165, 1.54) is 25.3 Å². The van der Waals surface area contributed by atoms with E-state index in [1.807, 2.05) is 49.4 Å². The van der Waals surface area contributed by atoms with E-state index >= 15 is 0 Å². The first-order chi connectivity index (χ1) is 19.8. The topological polar surface area (TPSA) is 81.8 Å². The Hall–Kier alpha value is -3.80. The van der Waals surface area contributed by atoms with Gasteiger partial charge in [-0.2, -0.15) is 0 Å². The highest BCUT2D eigenvalue weighted by Crippen LogP contribution is 2.55. The van der Waals surface area contributed by atoms with Crippen molar-refractivity contribution in [2.45, 2.75) is 97.3 Å². The lowest BCUT2D eigenvalue weighted by molar-refractivity contribution is -0.384. The van der Waals surface area contributed by atoms with Crippen molar-refractivity contribution in [1.82, 2.24) is 0 Å². The second kappa shape index (κ2) is 13.7. The number of hydrogen-bond acceptors (Lipinski definition) is 5. The van der Waals surface area contributed by atoms with Crippen LogP contribution >= 0.6 is 0 Å². The van der Waals surface area contributed by atoms with Gasteiger partial charge in [0, 0.05) is 35.6 Å². The molecule has 0 heterocycles. The van der Waals surface area contributed by atoms with Crippen molar-refractivity contribution in [1.29, 1.82) is 0 Å². The molecule has 0 radical (unpaired) electrons. The fourth-order valence-electron chi connectivity index (χ4n) is 6.32. The molecule has 0 saturated carbocycles. The fraction of sp³-hybridized carbons (Fsp3) is 0.429. The van der Waals surface area contributed by atoms with Crippen molar-refractivity contribution < 1.29 is 14.6 Å². The number of fused-ring (bicyclic) bond motifs is 3. The number of oxime groups is 1. The van der Waals surface area contributed by atoms with Gasteiger partial charge in [0.15, 0.2) is 0 Å². The molecule has 0 aliphatic heterocycles. The molecule has 1 aliphatic carbocycles. The largest absolute Gasteiger partial charge is 0.332 e. The number of nitro groups is 1. The van der Waals surface area contributed by atoms with Crippen molar-refractivity contribution in [2.75, 3.05) is 0 Å². The summed E-state index contributed by atoms with van der Waals surface area (Å²) >= 11 is 0. The highest BCUT2D eigenvalue weighted by molar-refractivity contribution is 6.14. The minimum atomic E-state index is -0.474. The molecule has 0 fully saturated rings. The minimum Gasteiger partial charge on any atom is -0.318 e. The molecule has 4 rings (SSSR count). The van der Waals surface area contributed by atoms with E-state index < -0.39 is 5.97 Å². The normalized spacial score (nSPS) is 13.5. The first kappa shape index (κ1) is 30.2. The number of rotatable bonds is 14. The van der Waals surface area contributed by atoms with Crippen LogP contribution in [0.1, 0.15) is 113 Å². The molecule has 0 bridgehead atoms. The van der Waals surface area contributed by atoms with E-state index in [0.717, 1.165) is 84.7 Å². The Morgan fingerprint density at radius 1 is 0.854 bits per heavy atom. The van der Waals surface area contributed by atoms with Gasteiger partial charge >= 0.3 is 5.97 Å². The number of nitrogens with zero attached hydrogens (tertiary/aromatic N) is 2. The van der Waals surface area contributed by atoms with Crippen LogP contribution in [0.15, 0.2) is 65.8 Å². The number of carbonyl (C=O) groups excluding carboxylic acids is 1. The monoisotopic (exact) mass is 554 g/mol. The van der Waals surface area contributed by atoms with E-state index in [4.69, 9.17) is 4.84 Å². The molecular formula is C35H42N2O4. The van der Waals surface area contributed by atoms with E-state index in [0.29, 0.717) is 5.71 Å². The van der Waals surface area contributed by atoms with Gasteiger partial charge in [-0.25, -0.2) is 4.79 Å². The number of non-ortho nitro benzene ring substituents is 1. The van der Waals surface area contributed by atoms with Crippen LogP contribution in [0.2, 0.25) is 0 Å². The van der Waals surface area contributed by atoms with Crippen molar-refractivity contribution in [3.63, 3.8) is 0 Å². The highest BCUT2D eigenvalue weighted by atomic mass is 16.7. The molecule has 1 aliphatic rings. The van der Waals surface area contributed by atoms with Crippen LogP contribution in [0, 0.1) is 17.0 Å². The quantitative estimate of drug-likeness (QED) is 0.0653. The third-order valence-electron chi connectivity index (χ3n) is 8.41. The maximum absolute atomic E-state index is 11.9. The summed E-state index contributed by atoms with van der Waals surface area (Å²) in [5.41, 5.74) is 7.69. The van der Waals surface area contributed by atoms with Crippen LogP contribution in [0.3, 0.4) is 0 Å². The Morgan fingerprint density at radius 3 is 2.05 bits per heavy atom. The first-order valence-corrected chi connectivity index (χ1v) is 15.1. The third kappa shape index (κ3) is 6.58. The molecule has 0 N–H and O–H groups in total. The number of aryl methyl sites for hydroxylation is 1. The molecule has 41 heavy (non-hydrogen) atoms. The molecule has 0 saturated heterocycles. The number of nitro benzene ring substituents is 1. The Labute approximate surface area is 244 Å². The van der Waals surface area contributed by atoms with Crippen molar-refractivity contribution in [2.24, 2.45) is 5.16 Å². The van der Waals surface area contributed by atoms with E-state index in [9.17, 15) is 14.9 Å². The zero-order valence-electron chi connectivity index (χ0n) is 24.9. The van der Waals surface area contributed by atoms with Gasteiger partial charge in [-0.05, 0) is 59.7 Å². The van der Waals surface area contributed by atoms with Gasteiger partial charge < -0.3 is 4.84 Å². The second-order valence-corrected chi connectivity index (χ2v) is 11.3. The molecule has 216 valence electrons. The Morgan fingerprint density at radius 2 is 1.46 bits per heavy atom. The predicted molar refractivity (Wildman–Crippen MR) is 165 cm³/mol. The summed E-state index contributed by atoms with van der Waals surface area (Å²) in [6.45, 7) is 7.80. The van der Waals surface area contributed by atoms with Crippen molar-refractivity contribution in [3.05, 3.63) is 98.6 Å². The summed E-state index contributed by atoms with van der Waals surface area (Å²) in [5, 5.41) is 16.2. The Bertz CT molecular complexity index is 1410. The zero-order chi connectivity index (χ0) is 29.4. The van der Waals surface area contributed by atoms with Gasteiger partial charge in [-0.3, -0.25) is 10.1 Å². The standard InChI is InChI=1S/C35H42N2O4/c1-5-7-9-13-21-35(22-14-10-8-6-2)32-23-27(34(36-41-26(4)38)29-16-12-11-15-25(29)3)17-19-30(32)31-20-18-28(37(39)40)24-33(31)35/h11-12,15-20,23-24H,5-10,13-14,21-22H2,1-4H3/b36-34+. The molecule has 0 atom stereocenters. The number of unbranched alkanes of at least 4 members (excludes halogenated alkanes) is 6. The molecule has 6 nitrogen and oxygen atoms in total. The molecule has 6 heteroatoms. The van der Waals surface area contributed by atoms with Crippen molar-refractivity contribution >= 4 is 17.4 Å². The maximum atomic E-state index is 11.9. The van der Waals surface area contributed by atoms with Gasteiger partial charge in [0.2, 0.25) is 0 Å². The van der Waals surface area contributed by atoms with Crippen LogP contribution < -0.4 is 0 Å². The third-order valence-corrected chi connectivity index (χ3v) is 8.41. The molecule has 3 aromatic rings. The van der Waals surface area contributed by atoms with Crippen LogP contribution in [0.4, 0.5) is 5.69 Å². The summed E-state index contributed by atoms with van der Waals surface area (Å²) in [7, 11) is 0. The summed E-state index contributed by atoms with van der Waals surface area (Å²) in [6, 6.07) is 19.7. The van der Waals surface area contributed by atoms with Crippen LogP contribution in [0.5, 0.6) is 0 Å². The lowest BCUT2D eigenvalue weighted by atomic mass is 9.70. The fourth-order valence-corrected chi connectivity index (χ4v) is 6.32. The molecule has 3 aromatic carbocycles. The van der Waals surface area contributed by atoms with Crippen LogP contribution in [-0.2, 0) is 15.0 Å². The summed E-state index contributed by atoms with van der Waals surface area (Å²) < 4.78 is 0. The molecule has 0 spiro atoms. The first-order valence-electron chi connectivity index (χ1n) is 15.1. The Kier molecular flexibility index (Phi) is 10.1. The average molecular weight is 555 g/mol. The van der Waals surface area contributed by atoms with E-state index in [2.05, 4.69) is 31.1 Å². The second-order valence-electron chi connectivity index (χ2n) is 11.3. The highest BCUT2D eigenvalue weighted by Gasteiger charge is 2.43. The lowest BCUT2D eigenvalue weighted by Crippen LogP contribution is -2.26. The molecule has 0 unspecified atom stereocenters. The summed E-state index contributed by atoms with van der Waals surface area (Å²) in [4.78, 5) is 28.6. The number of benzene rings is 3. The molecule has 0 amide bonds. The van der Waals surface area contributed by atoms with Gasteiger partial charge in [0.25, 0.3) is 5.69 Å². The smallest absolute Gasteiger partial charge is 0.318 e. The predicted octanol–water partition coefficient (Wildman–Crippen LogP) is 9.43. The Balaban J connectivity index is 1.91. The van der Waals surface area contributed by atoms with Crippen LogP contribution in [0.25, 0.3) is 11.1 Å². The average Bonchev–Trinajstić information content (AvgIpc) is 3.23. The number of hydrogen-bond donors (Lipinski definition) is 0. The number of carbonyl (C=O) groups is 1. The van der Waals surface area contributed by atoms with Gasteiger partial charge in [-0.1, -0.05) is 107 Å². The van der Waals surface area contributed by atoms with Crippen molar-refractivity contribution in [3.8, 4) is 11.1 Å². The van der Waals surface area contributed by atoms with E-state index in [-0.39, 0.29) is 16.0 Å². The molecule has 0 aromatic heterocycles. The van der Waals surface area contributed by atoms with Gasteiger partial charge in [-0.15, -0.1) is 0 Å². The minimum absolute atomic E-state index is 0.139.